The molecule has 0 saturated carbocycles. The molecule has 1 N–H and O–H groups in total. The number of nitrogens with zero attached hydrogens (tertiary/aromatic N) is 6. The van der Waals surface area contributed by atoms with Crippen LogP contribution in [0.1, 0.15) is 18.9 Å². The van der Waals surface area contributed by atoms with Crippen LogP contribution < -0.4 is 19.7 Å². The predicted molar refractivity (Wildman–Crippen MR) is 105 cm³/mol. The van der Waals surface area contributed by atoms with Gasteiger partial charge in [0.05, 0.1) is 32.1 Å². The lowest BCUT2D eigenvalue weighted by molar-refractivity contribution is 0.359. The molecule has 1 aromatic carbocycles. The number of hydrogen-bond donors (Lipinski definition) is 1. The van der Waals surface area contributed by atoms with Gasteiger partial charge in [-0.1, -0.05) is 5.21 Å². The molecule has 28 heavy (non-hydrogen) atoms. The number of nitrogens with one attached hydrogen (secondary N) is 1. The van der Waals surface area contributed by atoms with Crippen LogP contribution >= 0.6 is 0 Å². The molecule has 1 fully saturated rings. The van der Waals surface area contributed by atoms with Crippen LogP contribution in [0.15, 0.2) is 43.0 Å². The molecule has 0 amide bonds. The predicted octanol–water partition coefficient (Wildman–Crippen LogP) is 2.67. The van der Waals surface area contributed by atoms with Crippen LogP contribution in [0, 0.1) is 0 Å². The summed E-state index contributed by atoms with van der Waals surface area (Å²) in [4.78, 5) is 11.1. The van der Waals surface area contributed by atoms with E-state index in [1.165, 1.54) is 0 Å². The third kappa shape index (κ3) is 3.83. The first-order valence-electron chi connectivity index (χ1n) is 9.18. The highest BCUT2D eigenvalue weighted by atomic mass is 16.5. The van der Waals surface area contributed by atoms with Gasteiger partial charge in [-0.2, -0.15) is 0 Å². The summed E-state index contributed by atoms with van der Waals surface area (Å²) in [6, 6.07) is 7.96. The van der Waals surface area contributed by atoms with Crippen molar-refractivity contribution < 1.29 is 9.47 Å². The Balaban J connectivity index is 1.45. The zero-order chi connectivity index (χ0) is 19.3. The van der Waals surface area contributed by atoms with Crippen molar-refractivity contribution in [1.82, 2.24) is 25.0 Å². The minimum absolute atomic E-state index is 0.391. The third-order valence-corrected chi connectivity index (χ3v) is 4.93. The number of rotatable bonds is 6. The summed E-state index contributed by atoms with van der Waals surface area (Å²) in [7, 11) is 3.26. The van der Waals surface area contributed by atoms with Gasteiger partial charge in [-0.3, -0.25) is 0 Å². The molecule has 3 heterocycles. The quantitative estimate of drug-likeness (QED) is 0.697. The minimum Gasteiger partial charge on any atom is -0.497 e. The van der Waals surface area contributed by atoms with Crippen molar-refractivity contribution in [2.24, 2.45) is 0 Å². The standard InChI is InChI=1S/C19H23N7O2/c1-27-15-3-4-16(17(11-15)28-2)23-18-12-19(21-13-20-18)25-8-5-14(6-9-25)26-10-7-22-24-26/h3-4,7,10-14H,5-6,8-9H2,1-2H3,(H,20,21,23). The summed E-state index contributed by atoms with van der Waals surface area (Å²) < 4.78 is 12.6. The van der Waals surface area contributed by atoms with Crippen LogP contribution in [0.4, 0.5) is 17.3 Å². The van der Waals surface area contributed by atoms with E-state index in [1.807, 2.05) is 35.1 Å². The first kappa shape index (κ1) is 18.0. The van der Waals surface area contributed by atoms with Crippen molar-refractivity contribution in [2.75, 3.05) is 37.5 Å². The Morgan fingerprint density at radius 3 is 2.64 bits per heavy atom. The molecule has 9 heteroatoms. The topological polar surface area (TPSA) is 90.2 Å². The van der Waals surface area contributed by atoms with Crippen molar-refractivity contribution in [1.29, 1.82) is 0 Å². The number of hydrogen-bond acceptors (Lipinski definition) is 8. The molecule has 0 aliphatic carbocycles. The Labute approximate surface area is 163 Å². The van der Waals surface area contributed by atoms with E-state index >= 15 is 0 Å². The highest BCUT2D eigenvalue weighted by Crippen LogP contribution is 2.32. The number of methoxy groups -OCH3 is 2. The number of anilines is 3. The third-order valence-electron chi connectivity index (χ3n) is 4.93. The van der Waals surface area contributed by atoms with Crippen LogP contribution in [0.5, 0.6) is 11.5 Å². The largest absolute Gasteiger partial charge is 0.497 e. The zero-order valence-electron chi connectivity index (χ0n) is 15.9. The normalized spacial score (nSPS) is 14.7. The first-order valence-corrected chi connectivity index (χ1v) is 9.18. The van der Waals surface area contributed by atoms with Gasteiger partial charge in [0, 0.05) is 31.4 Å². The molecule has 3 aromatic rings. The van der Waals surface area contributed by atoms with E-state index in [-0.39, 0.29) is 0 Å². The molecule has 1 saturated heterocycles. The van der Waals surface area contributed by atoms with Gasteiger partial charge < -0.3 is 19.7 Å². The highest BCUT2D eigenvalue weighted by Gasteiger charge is 2.22. The molecule has 9 nitrogen and oxygen atoms in total. The monoisotopic (exact) mass is 381 g/mol. The number of piperidine rings is 1. The summed E-state index contributed by atoms with van der Waals surface area (Å²) in [5, 5.41) is 11.3. The molecule has 0 bridgehead atoms. The fourth-order valence-electron chi connectivity index (χ4n) is 3.40. The molecule has 0 spiro atoms. The fourth-order valence-corrected chi connectivity index (χ4v) is 3.40. The maximum atomic E-state index is 5.44. The molecular weight excluding hydrogens is 358 g/mol. The van der Waals surface area contributed by atoms with Crippen LogP contribution in [0.3, 0.4) is 0 Å². The summed E-state index contributed by atoms with van der Waals surface area (Å²) in [6.45, 7) is 1.82. The average Bonchev–Trinajstić information content (AvgIpc) is 3.29. The second-order valence-electron chi connectivity index (χ2n) is 6.55. The molecule has 146 valence electrons. The van der Waals surface area contributed by atoms with Crippen LogP contribution in [-0.2, 0) is 0 Å². The van der Waals surface area contributed by atoms with Crippen molar-refractivity contribution in [2.45, 2.75) is 18.9 Å². The molecule has 1 aliphatic rings. The SMILES string of the molecule is COc1ccc(Nc2cc(N3CCC(n4ccnn4)CC3)ncn2)c(OC)c1. The molecule has 0 radical (unpaired) electrons. The highest BCUT2D eigenvalue weighted by molar-refractivity contribution is 5.67. The second kappa shape index (κ2) is 8.12. The van der Waals surface area contributed by atoms with Gasteiger partial charge in [-0.15, -0.1) is 5.10 Å². The smallest absolute Gasteiger partial charge is 0.146 e. The molecule has 2 aromatic heterocycles. The van der Waals surface area contributed by atoms with Gasteiger partial charge in [0.25, 0.3) is 0 Å². The lowest BCUT2D eigenvalue weighted by Crippen LogP contribution is -2.35. The molecular formula is C19H23N7O2. The maximum Gasteiger partial charge on any atom is 0.146 e. The van der Waals surface area contributed by atoms with Crippen LogP contribution in [-0.4, -0.2) is 52.3 Å². The fraction of sp³-hybridized carbons (Fsp3) is 0.368. The Bertz CT molecular complexity index is 908. The Morgan fingerprint density at radius 2 is 1.93 bits per heavy atom. The van der Waals surface area contributed by atoms with Gasteiger partial charge in [0.2, 0.25) is 0 Å². The summed E-state index contributed by atoms with van der Waals surface area (Å²) in [5.74, 6) is 3.04. The zero-order valence-corrected chi connectivity index (χ0v) is 15.9. The van der Waals surface area contributed by atoms with Gasteiger partial charge in [-0.25, -0.2) is 14.6 Å². The van der Waals surface area contributed by atoms with Crippen molar-refractivity contribution in [3.05, 3.63) is 43.0 Å². The van der Waals surface area contributed by atoms with Gasteiger partial charge >= 0.3 is 0 Å². The lowest BCUT2D eigenvalue weighted by Gasteiger charge is -2.32. The van der Waals surface area contributed by atoms with E-state index in [0.717, 1.165) is 43.2 Å². The molecule has 0 unspecified atom stereocenters. The lowest BCUT2D eigenvalue weighted by atomic mass is 10.1. The van der Waals surface area contributed by atoms with E-state index in [0.29, 0.717) is 17.6 Å². The van der Waals surface area contributed by atoms with Gasteiger partial charge in [0.1, 0.15) is 29.5 Å². The van der Waals surface area contributed by atoms with Crippen LogP contribution in [0.25, 0.3) is 0 Å². The number of benzene rings is 1. The van der Waals surface area contributed by atoms with E-state index in [1.54, 1.807) is 26.7 Å². The average molecular weight is 381 g/mol. The number of ether oxygens (including phenoxy) is 2. The first-order chi connectivity index (χ1) is 13.8. The summed E-state index contributed by atoms with van der Waals surface area (Å²) >= 11 is 0. The Kier molecular flexibility index (Phi) is 5.22. The van der Waals surface area contributed by atoms with E-state index in [9.17, 15) is 0 Å². The van der Waals surface area contributed by atoms with Crippen molar-refractivity contribution in [3.63, 3.8) is 0 Å². The maximum absolute atomic E-state index is 5.44. The van der Waals surface area contributed by atoms with E-state index < -0.39 is 0 Å². The van der Waals surface area contributed by atoms with E-state index in [2.05, 4.69) is 30.5 Å². The van der Waals surface area contributed by atoms with Gasteiger partial charge in [0.15, 0.2) is 0 Å². The van der Waals surface area contributed by atoms with Gasteiger partial charge in [-0.05, 0) is 25.0 Å². The minimum atomic E-state index is 0.391. The second-order valence-corrected chi connectivity index (χ2v) is 6.55. The molecule has 0 atom stereocenters. The van der Waals surface area contributed by atoms with Crippen molar-refractivity contribution in [3.8, 4) is 11.5 Å². The Hall–Kier alpha value is -3.36. The molecule has 4 rings (SSSR count). The Morgan fingerprint density at radius 1 is 1.07 bits per heavy atom. The van der Waals surface area contributed by atoms with Crippen LogP contribution in [0.2, 0.25) is 0 Å². The molecule has 1 aliphatic heterocycles. The summed E-state index contributed by atoms with van der Waals surface area (Å²) in [6.07, 6.45) is 7.24. The van der Waals surface area contributed by atoms with E-state index in [4.69, 9.17) is 9.47 Å². The summed E-state index contributed by atoms with van der Waals surface area (Å²) in [5.41, 5.74) is 0.817. The van der Waals surface area contributed by atoms with Crippen molar-refractivity contribution >= 4 is 17.3 Å². The number of aromatic nitrogens is 5.